The fourth-order valence-corrected chi connectivity index (χ4v) is 4.91. The van der Waals surface area contributed by atoms with Crippen LogP contribution in [0.2, 0.25) is 0 Å². The van der Waals surface area contributed by atoms with E-state index in [9.17, 15) is 19.5 Å². The van der Waals surface area contributed by atoms with Gasteiger partial charge in [-0.05, 0) is 40.5 Å². The molecular weight excluding hydrogens is 420 g/mol. The number of carboxylic acids is 1. The number of aliphatic carboxylic acids is 1. The number of benzene rings is 2. The Kier molecular flexibility index (Phi) is 6.67. The summed E-state index contributed by atoms with van der Waals surface area (Å²) in [6.07, 6.45) is -0.379. The highest BCUT2D eigenvalue weighted by atomic mass is 16.5. The second kappa shape index (κ2) is 9.65. The molecule has 174 valence electrons. The van der Waals surface area contributed by atoms with Crippen molar-refractivity contribution in [1.82, 2.24) is 10.2 Å². The topological polar surface area (TPSA) is 95.9 Å². The number of carboxylic acid groups (broad SMARTS) is 1. The Morgan fingerprint density at radius 2 is 1.67 bits per heavy atom. The third kappa shape index (κ3) is 4.87. The van der Waals surface area contributed by atoms with Gasteiger partial charge in [-0.15, -0.1) is 0 Å². The van der Waals surface area contributed by atoms with Gasteiger partial charge in [-0.2, -0.15) is 0 Å². The van der Waals surface area contributed by atoms with Gasteiger partial charge >= 0.3 is 12.1 Å². The maximum Gasteiger partial charge on any atom is 0.407 e. The van der Waals surface area contributed by atoms with E-state index in [0.717, 1.165) is 28.7 Å². The van der Waals surface area contributed by atoms with Crippen molar-refractivity contribution in [2.24, 2.45) is 11.8 Å². The van der Waals surface area contributed by atoms with Crippen LogP contribution in [0, 0.1) is 11.8 Å². The Bertz CT molecular complexity index is 1000. The lowest BCUT2D eigenvalue weighted by Crippen LogP contribution is -2.49. The molecule has 2 amide bonds. The minimum Gasteiger partial charge on any atom is -0.481 e. The zero-order valence-electron chi connectivity index (χ0n) is 19.0. The predicted octanol–water partition coefficient (Wildman–Crippen LogP) is 3.87. The average Bonchev–Trinajstić information content (AvgIpc) is 3.40. The van der Waals surface area contributed by atoms with Crippen molar-refractivity contribution in [2.45, 2.75) is 38.6 Å². The van der Waals surface area contributed by atoms with Crippen LogP contribution in [0.1, 0.15) is 43.7 Å². The first kappa shape index (κ1) is 22.8. The Hall–Kier alpha value is -3.35. The van der Waals surface area contributed by atoms with Crippen LogP contribution in [0.3, 0.4) is 0 Å². The van der Waals surface area contributed by atoms with Crippen molar-refractivity contribution in [3.63, 3.8) is 0 Å². The van der Waals surface area contributed by atoms with Gasteiger partial charge in [0, 0.05) is 19.0 Å². The van der Waals surface area contributed by atoms with Gasteiger partial charge in [-0.1, -0.05) is 62.4 Å². The fourth-order valence-electron chi connectivity index (χ4n) is 4.91. The van der Waals surface area contributed by atoms with Gasteiger partial charge in [0.25, 0.3) is 0 Å². The molecule has 4 rings (SSSR count). The number of amides is 2. The molecule has 2 unspecified atom stereocenters. The predicted molar refractivity (Wildman–Crippen MR) is 124 cm³/mol. The molecule has 33 heavy (non-hydrogen) atoms. The Morgan fingerprint density at radius 1 is 1.06 bits per heavy atom. The lowest BCUT2D eigenvalue weighted by Gasteiger charge is -2.24. The van der Waals surface area contributed by atoms with E-state index in [1.54, 1.807) is 4.90 Å². The SMILES string of the molecule is CC(C)C1CCN(C(=O)C(CC(=O)O)NC(=O)OCC2c3ccccc3-c3ccccc32)C1. The molecule has 1 aliphatic carbocycles. The minimum atomic E-state index is -1.15. The summed E-state index contributed by atoms with van der Waals surface area (Å²) < 4.78 is 5.51. The maximum absolute atomic E-state index is 13.0. The number of nitrogens with zero attached hydrogens (tertiary/aromatic N) is 1. The van der Waals surface area contributed by atoms with E-state index in [2.05, 4.69) is 31.3 Å². The van der Waals surface area contributed by atoms with Gasteiger partial charge in [-0.25, -0.2) is 4.79 Å². The summed E-state index contributed by atoms with van der Waals surface area (Å²) in [5.41, 5.74) is 4.41. The zero-order valence-corrected chi connectivity index (χ0v) is 19.0. The first-order chi connectivity index (χ1) is 15.8. The molecule has 0 bridgehead atoms. The van der Waals surface area contributed by atoms with Crippen LogP contribution in [0.4, 0.5) is 4.79 Å². The van der Waals surface area contributed by atoms with Crippen molar-refractivity contribution in [2.75, 3.05) is 19.7 Å². The number of carbonyl (C=O) groups is 3. The van der Waals surface area contributed by atoms with Crippen LogP contribution >= 0.6 is 0 Å². The van der Waals surface area contributed by atoms with E-state index in [1.807, 2.05) is 36.4 Å². The molecule has 2 atom stereocenters. The number of rotatable bonds is 7. The molecule has 7 heteroatoms. The number of hydrogen-bond donors (Lipinski definition) is 2. The molecule has 2 aliphatic rings. The van der Waals surface area contributed by atoms with Gasteiger partial charge in [0.15, 0.2) is 0 Å². The van der Waals surface area contributed by atoms with Gasteiger partial charge < -0.3 is 20.1 Å². The molecule has 0 radical (unpaired) electrons. The highest BCUT2D eigenvalue weighted by Gasteiger charge is 2.35. The largest absolute Gasteiger partial charge is 0.481 e. The molecule has 7 nitrogen and oxygen atoms in total. The van der Waals surface area contributed by atoms with E-state index < -0.39 is 24.5 Å². The molecule has 1 heterocycles. The first-order valence-electron chi connectivity index (χ1n) is 11.5. The lowest BCUT2D eigenvalue weighted by molar-refractivity contribution is -0.142. The fraction of sp³-hybridized carbons (Fsp3) is 0.423. The van der Waals surface area contributed by atoms with Crippen molar-refractivity contribution in [3.8, 4) is 11.1 Å². The number of carbonyl (C=O) groups excluding carboxylic acids is 2. The second-order valence-corrected chi connectivity index (χ2v) is 9.20. The van der Waals surface area contributed by atoms with Crippen LogP contribution in [0.5, 0.6) is 0 Å². The van der Waals surface area contributed by atoms with Crippen LogP contribution in [-0.2, 0) is 14.3 Å². The number of likely N-dealkylation sites (tertiary alicyclic amines) is 1. The van der Waals surface area contributed by atoms with Gasteiger partial charge in [0.1, 0.15) is 12.6 Å². The Balaban J connectivity index is 1.41. The molecule has 0 saturated carbocycles. The monoisotopic (exact) mass is 450 g/mol. The number of nitrogens with one attached hydrogen (secondary N) is 1. The molecule has 2 aromatic rings. The summed E-state index contributed by atoms with van der Waals surface area (Å²) in [6.45, 7) is 5.49. The van der Waals surface area contributed by atoms with E-state index in [4.69, 9.17) is 4.74 Å². The normalized spacial score (nSPS) is 18.0. The van der Waals surface area contributed by atoms with Crippen LogP contribution in [0.15, 0.2) is 48.5 Å². The van der Waals surface area contributed by atoms with Gasteiger partial charge in [0.05, 0.1) is 6.42 Å². The number of ether oxygens (including phenoxy) is 1. The number of hydrogen-bond acceptors (Lipinski definition) is 4. The molecule has 0 aromatic heterocycles. The first-order valence-corrected chi connectivity index (χ1v) is 11.5. The molecule has 2 N–H and O–H groups in total. The second-order valence-electron chi connectivity index (χ2n) is 9.20. The highest BCUT2D eigenvalue weighted by molar-refractivity contribution is 5.89. The summed E-state index contributed by atoms with van der Waals surface area (Å²) in [5.74, 6) is -0.798. The molecule has 1 fully saturated rings. The summed E-state index contributed by atoms with van der Waals surface area (Å²) in [4.78, 5) is 38.6. The quantitative estimate of drug-likeness (QED) is 0.668. The van der Waals surface area contributed by atoms with Crippen molar-refractivity contribution < 1.29 is 24.2 Å². The Morgan fingerprint density at radius 3 is 2.21 bits per heavy atom. The van der Waals surface area contributed by atoms with Crippen LogP contribution in [-0.4, -0.2) is 53.7 Å². The zero-order chi connectivity index (χ0) is 23.5. The summed E-state index contributed by atoms with van der Waals surface area (Å²) >= 11 is 0. The molecule has 2 aromatic carbocycles. The molecule has 1 aliphatic heterocycles. The van der Waals surface area contributed by atoms with Crippen molar-refractivity contribution in [1.29, 1.82) is 0 Å². The van der Waals surface area contributed by atoms with Crippen molar-refractivity contribution >= 4 is 18.0 Å². The maximum atomic E-state index is 13.0. The number of alkyl carbamates (subject to hydrolysis) is 1. The van der Waals surface area contributed by atoms with Crippen molar-refractivity contribution in [3.05, 3.63) is 59.7 Å². The van der Waals surface area contributed by atoms with E-state index in [-0.39, 0.29) is 18.4 Å². The summed E-state index contributed by atoms with van der Waals surface area (Å²) in [7, 11) is 0. The third-order valence-electron chi connectivity index (χ3n) is 6.79. The van der Waals surface area contributed by atoms with Gasteiger partial charge in [0.2, 0.25) is 5.91 Å². The van der Waals surface area contributed by atoms with Crippen LogP contribution in [0.25, 0.3) is 11.1 Å². The highest BCUT2D eigenvalue weighted by Crippen LogP contribution is 2.44. The molecule has 0 spiro atoms. The van der Waals surface area contributed by atoms with E-state index in [1.165, 1.54) is 0 Å². The molecular formula is C26H30N2O5. The summed E-state index contributed by atoms with van der Waals surface area (Å²) in [5, 5.41) is 11.8. The summed E-state index contributed by atoms with van der Waals surface area (Å²) in [6, 6.07) is 14.9. The Labute approximate surface area is 193 Å². The van der Waals surface area contributed by atoms with Gasteiger partial charge in [-0.3, -0.25) is 9.59 Å². The molecule has 1 saturated heterocycles. The lowest BCUT2D eigenvalue weighted by atomic mass is 9.95. The smallest absolute Gasteiger partial charge is 0.407 e. The number of fused-ring (bicyclic) bond motifs is 3. The third-order valence-corrected chi connectivity index (χ3v) is 6.79. The average molecular weight is 451 g/mol. The minimum absolute atomic E-state index is 0.104. The van der Waals surface area contributed by atoms with Crippen LogP contribution < -0.4 is 5.32 Å². The van der Waals surface area contributed by atoms with E-state index in [0.29, 0.717) is 24.9 Å². The standard InChI is InChI=1S/C26H30N2O5/c1-16(2)17-11-12-28(14-17)25(31)23(13-24(29)30)27-26(32)33-15-22-20-9-5-3-7-18(20)19-8-4-6-10-21(19)22/h3-10,16-17,22-23H,11-15H2,1-2H3,(H,27,32)(H,29,30). The van der Waals surface area contributed by atoms with E-state index >= 15 is 0 Å².